The maximum Gasteiger partial charge on any atom is 0.306 e. The summed E-state index contributed by atoms with van der Waals surface area (Å²) in [6.07, 6.45) is 27.0. The zero-order valence-electron chi connectivity index (χ0n) is 28.9. The Bertz CT molecular complexity index is 672. The summed E-state index contributed by atoms with van der Waals surface area (Å²) >= 11 is 0. The highest BCUT2D eigenvalue weighted by Gasteiger charge is 2.20. The molecule has 0 fully saturated rings. The zero-order chi connectivity index (χ0) is 32.1. The quantitative estimate of drug-likeness (QED) is 0.0308. The van der Waals surface area contributed by atoms with Crippen molar-refractivity contribution < 1.29 is 37.3 Å². The van der Waals surface area contributed by atoms with Crippen molar-refractivity contribution in [2.45, 2.75) is 161 Å². The number of carbonyl (C=O) groups is 1. The SMILES string of the molecule is CCCCCCCCCCCCCCCCCCCCCCOCC(COP(=O)([O-])OCC[N+](C)(C)C)OC(=O)CCC. The van der Waals surface area contributed by atoms with Crippen molar-refractivity contribution >= 4 is 13.8 Å². The standard InChI is InChI=1S/C34H70NO7P/c1-6-8-9-10-11-12-13-14-15-16-17-18-19-20-21-22-23-24-25-26-29-39-31-33(42-34(36)27-7-2)32-41-43(37,38)40-30-28-35(3,4)5/h33H,6-32H2,1-5H3. The Kier molecular flexibility index (Phi) is 28.6. The van der Waals surface area contributed by atoms with Crippen molar-refractivity contribution in [2.24, 2.45) is 0 Å². The van der Waals surface area contributed by atoms with E-state index in [9.17, 15) is 14.3 Å². The van der Waals surface area contributed by atoms with Gasteiger partial charge in [0.15, 0.2) is 0 Å². The molecule has 0 saturated carbocycles. The number of phosphoric acid groups is 1. The molecule has 0 aromatic rings. The first-order valence-electron chi connectivity index (χ1n) is 17.8. The smallest absolute Gasteiger partial charge is 0.306 e. The monoisotopic (exact) mass is 635 g/mol. The number of likely N-dealkylation sites (N-methyl/N-ethyl adjacent to an activating group) is 1. The fourth-order valence-corrected chi connectivity index (χ4v) is 5.61. The Balaban J connectivity index is 3.76. The van der Waals surface area contributed by atoms with E-state index in [1.54, 1.807) is 0 Å². The third-order valence-corrected chi connectivity index (χ3v) is 8.59. The van der Waals surface area contributed by atoms with Gasteiger partial charge in [0.05, 0.1) is 34.4 Å². The van der Waals surface area contributed by atoms with Crippen molar-refractivity contribution in [1.29, 1.82) is 0 Å². The van der Waals surface area contributed by atoms with Crippen molar-refractivity contribution in [3.05, 3.63) is 0 Å². The van der Waals surface area contributed by atoms with E-state index >= 15 is 0 Å². The molecule has 0 aromatic heterocycles. The van der Waals surface area contributed by atoms with E-state index < -0.39 is 13.9 Å². The second-order valence-electron chi connectivity index (χ2n) is 13.2. The van der Waals surface area contributed by atoms with E-state index in [4.69, 9.17) is 18.5 Å². The number of hydrogen-bond donors (Lipinski definition) is 0. The first-order valence-corrected chi connectivity index (χ1v) is 19.2. The molecular formula is C34H70NO7P. The minimum atomic E-state index is -4.48. The van der Waals surface area contributed by atoms with Crippen LogP contribution in [0.4, 0.5) is 0 Å². The van der Waals surface area contributed by atoms with E-state index in [2.05, 4.69) is 6.92 Å². The van der Waals surface area contributed by atoms with Crippen LogP contribution < -0.4 is 4.89 Å². The molecule has 2 atom stereocenters. The van der Waals surface area contributed by atoms with Crippen molar-refractivity contribution in [3.63, 3.8) is 0 Å². The van der Waals surface area contributed by atoms with Crippen LogP contribution >= 0.6 is 7.82 Å². The fourth-order valence-electron chi connectivity index (χ4n) is 4.88. The summed E-state index contributed by atoms with van der Waals surface area (Å²) in [6.45, 7) is 5.07. The van der Waals surface area contributed by atoms with Gasteiger partial charge in [0.2, 0.25) is 0 Å². The van der Waals surface area contributed by atoms with Crippen molar-refractivity contribution in [3.8, 4) is 0 Å². The molecule has 2 unspecified atom stereocenters. The zero-order valence-corrected chi connectivity index (χ0v) is 29.8. The predicted octanol–water partition coefficient (Wildman–Crippen LogP) is 8.74. The highest BCUT2D eigenvalue weighted by molar-refractivity contribution is 7.45. The summed E-state index contributed by atoms with van der Waals surface area (Å²) in [5, 5.41) is 0. The third-order valence-electron chi connectivity index (χ3n) is 7.63. The summed E-state index contributed by atoms with van der Waals surface area (Å²) in [5.41, 5.74) is 0. The number of carbonyl (C=O) groups excluding carboxylic acids is 1. The Morgan fingerprint density at radius 1 is 0.628 bits per heavy atom. The lowest BCUT2D eigenvalue weighted by atomic mass is 10.0. The van der Waals surface area contributed by atoms with E-state index in [0.717, 1.165) is 12.8 Å². The summed E-state index contributed by atoms with van der Waals surface area (Å²) in [7, 11) is 1.36. The van der Waals surface area contributed by atoms with Crippen molar-refractivity contribution in [2.75, 3.05) is 54.1 Å². The lowest BCUT2D eigenvalue weighted by molar-refractivity contribution is -0.870. The van der Waals surface area contributed by atoms with E-state index in [-0.39, 0.29) is 32.2 Å². The number of ether oxygens (including phenoxy) is 2. The van der Waals surface area contributed by atoms with Gasteiger partial charge in [-0.15, -0.1) is 0 Å². The van der Waals surface area contributed by atoms with Gasteiger partial charge in [-0.1, -0.05) is 136 Å². The largest absolute Gasteiger partial charge is 0.756 e. The molecule has 43 heavy (non-hydrogen) atoms. The van der Waals surface area contributed by atoms with Gasteiger partial charge in [-0.25, -0.2) is 0 Å². The predicted molar refractivity (Wildman–Crippen MR) is 176 cm³/mol. The molecule has 0 aliphatic heterocycles. The van der Waals surface area contributed by atoms with E-state index in [1.165, 1.54) is 116 Å². The second-order valence-corrected chi connectivity index (χ2v) is 14.7. The van der Waals surface area contributed by atoms with Gasteiger partial charge in [0.1, 0.15) is 19.3 Å². The molecule has 0 saturated heterocycles. The molecule has 0 spiro atoms. The Morgan fingerprint density at radius 2 is 1.07 bits per heavy atom. The number of phosphoric ester groups is 1. The number of esters is 1. The lowest BCUT2D eigenvalue weighted by Gasteiger charge is -2.28. The maximum atomic E-state index is 12.1. The normalized spacial score (nSPS) is 14.1. The summed E-state index contributed by atoms with van der Waals surface area (Å²) in [4.78, 5) is 24.1. The Hall–Kier alpha value is -0.500. The minimum absolute atomic E-state index is 0.0283. The molecule has 0 rings (SSSR count). The lowest BCUT2D eigenvalue weighted by Crippen LogP contribution is -2.37. The van der Waals surface area contributed by atoms with Gasteiger partial charge in [0.25, 0.3) is 7.82 Å². The molecule has 8 nitrogen and oxygen atoms in total. The molecule has 0 N–H and O–H groups in total. The maximum absolute atomic E-state index is 12.1. The van der Waals surface area contributed by atoms with Crippen LogP contribution in [0.3, 0.4) is 0 Å². The van der Waals surface area contributed by atoms with E-state index in [0.29, 0.717) is 24.1 Å². The fraction of sp³-hybridized carbons (Fsp3) is 0.971. The van der Waals surface area contributed by atoms with Gasteiger partial charge in [0, 0.05) is 13.0 Å². The highest BCUT2D eigenvalue weighted by atomic mass is 31.2. The third kappa shape index (κ3) is 32.7. The molecule has 0 aliphatic rings. The average molecular weight is 636 g/mol. The topological polar surface area (TPSA) is 94.1 Å². The molecule has 0 heterocycles. The van der Waals surface area contributed by atoms with Crippen LogP contribution in [0.2, 0.25) is 0 Å². The number of nitrogens with zero attached hydrogens (tertiary/aromatic N) is 1. The summed E-state index contributed by atoms with van der Waals surface area (Å²) in [6, 6.07) is 0. The molecular weight excluding hydrogens is 565 g/mol. The summed E-state index contributed by atoms with van der Waals surface area (Å²) < 4.78 is 33.7. The van der Waals surface area contributed by atoms with Gasteiger partial charge in [-0.05, 0) is 12.8 Å². The Morgan fingerprint density at radius 3 is 1.49 bits per heavy atom. The van der Waals surface area contributed by atoms with Crippen LogP contribution in [-0.4, -0.2) is 70.7 Å². The molecule has 258 valence electrons. The average Bonchev–Trinajstić information content (AvgIpc) is 2.93. The molecule has 0 aromatic carbocycles. The van der Waals surface area contributed by atoms with Gasteiger partial charge in [-0.2, -0.15) is 0 Å². The number of rotatable bonds is 33. The van der Waals surface area contributed by atoms with Crippen molar-refractivity contribution in [1.82, 2.24) is 0 Å². The summed E-state index contributed by atoms with van der Waals surface area (Å²) in [5.74, 6) is -0.384. The highest BCUT2D eigenvalue weighted by Crippen LogP contribution is 2.38. The van der Waals surface area contributed by atoms with Crippen LogP contribution in [0, 0.1) is 0 Å². The van der Waals surface area contributed by atoms with Crippen LogP contribution in [0.25, 0.3) is 0 Å². The number of hydrogen-bond acceptors (Lipinski definition) is 7. The van der Waals surface area contributed by atoms with Gasteiger partial charge in [-0.3, -0.25) is 9.36 Å². The van der Waals surface area contributed by atoms with Gasteiger partial charge >= 0.3 is 5.97 Å². The first kappa shape index (κ1) is 42.5. The number of unbranched alkanes of at least 4 members (excludes halogenated alkanes) is 19. The molecule has 9 heteroatoms. The van der Waals surface area contributed by atoms with E-state index in [1.807, 2.05) is 28.1 Å². The van der Waals surface area contributed by atoms with Crippen LogP contribution in [0.5, 0.6) is 0 Å². The number of quaternary nitrogens is 1. The van der Waals surface area contributed by atoms with Gasteiger partial charge < -0.3 is 27.9 Å². The Labute approximate surface area is 266 Å². The van der Waals surface area contributed by atoms with Crippen LogP contribution in [0.15, 0.2) is 0 Å². The van der Waals surface area contributed by atoms with Crippen LogP contribution in [-0.2, 0) is 27.9 Å². The van der Waals surface area contributed by atoms with Crippen LogP contribution in [0.1, 0.15) is 155 Å². The second kappa shape index (κ2) is 28.9. The minimum Gasteiger partial charge on any atom is -0.756 e. The molecule has 0 radical (unpaired) electrons. The molecule has 0 aliphatic carbocycles. The first-order chi connectivity index (χ1) is 20.6. The molecule has 0 amide bonds. The molecule has 0 bridgehead atoms.